The molecule has 9 heteroatoms. The molecule has 0 unspecified atom stereocenters. The summed E-state index contributed by atoms with van der Waals surface area (Å²) in [7, 11) is 1.25. The molecule has 0 spiro atoms. The number of methoxy groups -OCH3 is 1. The van der Waals surface area contributed by atoms with E-state index >= 15 is 0 Å². The molecule has 8 nitrogen and oxygen atoms in total. The van der Waals surface area contributed by atoms with Crippen LogP contribution in [0.25, 0.3) is 0 Å². The van der Waals surface area contributed by atoms with Crippen LogP contribution >= 0.6 is 11.6 Å². The maximum absolute atomic E-state index is 13.6. The van der Waals surface area contributed by atoms with Crippen LogP contribution in [0, 0.1) is 6.92 Å². The number of ether oxygens (including phenoxy) is 1. The minimum absolute atomic E-state index is 0.0269. The van der Waals surface area contributed by atoms with E-state index in [0.29, 0.717) is 10.7 Å². The van der Waals surface area contributed by atoms with Gasteiger partial charge >= 0.3 is 5.97 Å². The molecule has 2 amide bonds. The van der Waals surface area contributed by atoms with Gasteiger partial charge in [-0.25, -0.2) is 4.79 Å². The molecule has 1 N–H and O–H groups in total. The van der Waals surface area contributed by atoms with Crippen LogP contribution in [0.5, 0.6) is 0 Å². The van der Waals surface area contributed by atoms with Gasteiger partial charge in [0.1, 0.15) is 11.2 Å². The Hall–Kier alpha value is -2.87. The summed E-state index contributed by atoms with van der Waals surface area (Å²) < 4.78 is 6.17. The first-order valence-electron chi connectivity index (χ1n) is 10.3. The predicted octanol–water partition coefficient (Wildman–Crippen LogP) is 3.11. The molecule has 1 saturated carbocycles. The maximum Gasteiger partial charge on any atom is 0.358 e. The van der Waals surface area contributed by atoms with Gasteiger partial charge in [0.05, 0.1) is 13.7 Å². The van der Waals surface area contributed by atoms with E-state index in [1.807, 2.05) is 6.92 Å². The van der Waals surface area contributed by atoms with Crippen molar-refractivity contribution >= 4 is 35.1 Å². The summed E-state index contributed by atoms with van der Waals surface area (Å²) in [6.07, 6.45) is 4.00. The molecule has 1 aromatic carbocycles. The lowest BCUT2D eigenvalue weighted by Crippen LogP contribution is -2.65. The molecule has 1 aromatic heterocycles. The van der Waals surface area contributed by atoms with Crippen LogP contribution in [-0.2, 0) is 16.1 Å². The molecule has 31 heavy (non-hydrogen) atoms. The molecule has 2 aromatic rings. The fourth-order valence-corrected chi connectivity index (χ4v) is 4.67. The van der Waals surface area contributed by atoms with Crippen LogP contribution in [0.15, 0.2) is 24.3 Å². The Labute approximate surface area is 185 Å². The van der Waals surface area contributed by atoms with E-state index in [9.17, 15) is 14.4 Å². The van der Waals surface area contributed by atoms with Crippen LogP contribution in [0.3, 0.4) is 0 Å². The van der Waals surface area contributed by atoms with Gasteiger partial charge in [0.25, 0.3) is 5.91 Å². The number of nitrogens with one attached hydrogen (secondary N) is 1. The molecule has 1 aliphatic carbocycles. The van der Waals surface area contributed by atoms with E-state index < -0.39 is 17.4 Å². The Morgan fingerprint density at radius 1 is 1.26 bits per heavy atom. The normalized spacial score (nSPS) is 21.2. The second kappa shape index (κ2) is 8.00. The number of aromatic nitrogens is 2. The average Bonchev–Trinajstić information content (AvgIpc) is 3.38. The van der Waals surface area contributed by atoms with Crippen molar-refractivity contribution in [3.8, 4) is 0 Å². The fourth-order valence-electron chi connectivity index (χ4n) is 4.44. The van der Waals surface area contributed by atoms with Gasteiger partial charge in [0.2, 0.25) is 5.91 Å². The van der Waals surface area contributed by atoms with E-state index in [2.05, 4.69) is 10.4 Å². The smallest absolute Gasteiger partial charge is 0.358 e. The van der Waals surface area contributed by atoms with E-state index in [1.54, 1.807) is 25.1 Å². The summed E-state index contributed by atoms with van der Waals surface area (Å²) in [5.74, 6) is -1.30. The molecular formula is C22H25ClN4O4. The van der Waals surface area contributed by atoms with Crippen molar-refractivity contribution in [1.29, 1.82) is 0 Å². The van der Waals surface area contributed by atoms with Gasteiger partial charge in [0, 0.05) is 22.8 Å². The third kappa shape index (κ3) is 3.69. The summed E-state index contributed by atoms with van der Waals surface area (Å²) in [5.41, 5.74) is 0.359. The molecule has 1 fully saturated rings. The van der Waals surface area contributed by atoms with Crippen molar-refractivity contribution < 1.29 is 19.1 Å². The Bertz CT molecular complexity index is 1060. The second-order valence-electron chi connectivity index (χ2n) is 8.36. The number of hydrogen-bond acceptors (Lipinski definition) is 5. The van der Waals surface area contributed by atoms with Crippen molar-refractivity contribution in [2.45, 2.75) is 57.7 Å². The summed E-state index contributed by atoms with van der Waals surface area (Å²) in [4.78, 5) is 40.7. The monoisotopic (exact) mass is 444 g/mol. The summed E-state index contributed by atoms with van der Waals surface area (Å²) in [6, 6.07) is 6.69. The first kappa shape index (κ1) is 21.4. The quantitative estimate of drug-likeness (QED) is 0.731. The Balaban J connectivity index is 1.81. The second-order valence-corrected chi connectivity index (χ2v) is 8.80. The van der Waals surface area contributed by atoms with Crippen LogP contribution in [-0.4, -0.2) is 46.3 Å². The van der Waals surface area contributed by atoms with Crippen molar-refractivity contribution in [1.82, 2.24) is 15.1 Å². The molecule has 1 atom stereocenters. The SMILES string of the molecule is COC(=O)c1cc2n(n1)C[C@@](C)(C(=O)NC1CCCC1)N(c1ccc(Cl)cc1C)C2=O. The van der Waals surface area contributed by atoms with Gasteiger partial charge in [-0.1, -0.05) is 24.4 Å². The van der Waals surface area contributed by atoms with Crippen molar-refractivity contribution in [3.63, 3.8) is 0 Å². The van der Waals surface area contributed by atoms with Crippen molar-refractivity contribution in [2.75, 3.05) is 12.0 Å². The topological polar surface area (TPSA) is 93.5 Å². The number of rotatable bonds is 4. The van der Waals surface area contributed by atoms with E-state index in [4.69, 9.17) is 16.3 Å². The van der Waals surface area contributed by atoms with E-state index in [-0.39, 0.29) is 29.9 Å². The highest BCUT2D eigenvalue weighted by atomic mass is 35.5. The highest BCUT2D eigenvalue weighted by molar-refractivity contribution is 6.30. The minimum atomic E-state index is -1.25. The zero-order valence-corrected chi connectivity index (χ0v) is 18.5. The number of aryl methyl sites for hydroxylation is 1. The largest absolute Gasteiger partial charge is 0.464 e. The number of nitrogens with zero attached hydrogens (tertiary/aromatic N) is 3. The predicted molar refractivity (Wildman–Crippen MR) is 115 cm³/mol. The third-order valence-electron chi connectivity index (χ3n) is 6.13. The number of carbonyl (C=O) groups excluding carboxylic acids is 3. The van der Waals surface area contributed by atoms with Gasteiger partial charge in [-0.3, -0.25) is 19.2 Å². The molecule has 2 heterocycles. The van der Waals surface area contributed by atoms with Crippen LogP contribution < -0.4 is 10.2 Å². The number of benzene rings is 1. The van der Waals surface area contributed by atoms with Crippen LogP contribution in [0.4, 0.5) is 5.69 Å². The lowest BCUT2D eigenvalue weighted by molar-refractivity contribution is -0.127. The van der Waals surface area contributed by atoms with E-state index in [1.165, 1.54) is 22.8 Å². The average molecular weight is 445 g/mol. The first-order chi connectivity index (χ1) is 14.7. The summed E-state index contributed by atoms with van der Waals surface area (Å²) in [5, 5.41) is 7.90. The van der Waals surface area contributed by atoms with Gasteiger partial charge in [-0.2, -0.15) is 5.10 Å². The first-order valence-corrected chi connectivity index (χ1v) is 10.7. The van der Waals surface area contributed by atoms with Crippen LogP contribution in [0.1, 0.15) is 59.1 Å². The molecule has 164 valence electrons. The number of amides is 2. The fraction of sp³-hybridized carbons (Fsp3) is 0.455. The maximum atomic E-state index is 13.6. The molecule has 0 saturated heterocycles. The Kier molecular flexibility index (Phi) is 5.51. The van der Waals surface area contributed by atoms with Crippen LogP contribution in [0.2, 0.25) is 5.02 Å². The molecular weight excluding hydrogens is 420 g/mol. The zero-order chi connectivity index (χ0) is 22.3. The zero-order valence-electron chi connectivity index (χ0n) is 17.8. The summed E-state index contributed by atoms with van der Waals surface area (Å²) >= 11 is 6.13. The number of carbonyl (C=O) groups is 3. The molecule has 0 bridgehead atoms. The highest BCUT2D eigenvalue weighted by Gasteiger charge is 2.50. The molecule has 0 radical (unpaired) electrons. The molecule has 2 aliphatic rings. The Morgan fingerprint density at radius 3 is 2.61 bits per heavy atom. The van der Waals surface area contributed by atoms with Crippen molar-refractivity contribution in [2.24, 2.45) is 0 Å². The van der Waals surface area contributed by atoms with E-state index in [0.717, 1.165) is 31.2 Å². The lowest BCUT2D eigenvalue weighted by Gasteiger charge is -2.44. The van der Waals surface area contributed by atoms with Gasteiger partial charge < -0.3 is 10.1 Å². The van der Waals surface area contributed by atoms with Gasteiger partial charge in [0.15, 0.2) is 5.69 Å². The number of anilines is 1. The molecule has 4 rings (SSSR count). The minimum Gasteiger partial charge on any atom is -0.464 e. The number of halogens is 1. The third-order valence-corrected chi connectivity index (χ3v) is 6.36. The van der Waals surface area contributed by atoms with Crippen molar-refractivity contribution in [3.05, 3.63) is 46.2 Å². The van der Waals surface area contributed by atoms with Gasteiger partial charge in [-0.05, 0) is 50.5 Å². The standard InChI is InChI=1S/C22H25ClN4O4/c1-13-10-14(23)8-9-17(13)27-19(28)18-11-16(20(29)31-3)25-26(18)12-22(27,2)21(30)24-15-6-4-5-7-15/h8-11,15H,4-7,12H2,1-3H3,(H,24,30)/t22-/m0/s1. The van der Waals surface area contributed by atoms with Gasteiger partial charge in [-0.15, -0.1) is 0 Å². The highest BCUT2D eigenvalue weighted by Crippen LogP contribution is 2.36. The molecule has 1 aliphatic heterocycles. The summed E-state index contributed by atoms with van der Waals surface area (Å²) in [6.45, 7) is 3.67. The number of esters is 1. The Morgan fingerprint density at radius 2 is 1.97 bits per heavy atom. The lowest BCUT2D eigenvalue weighted by atomic mass is 9.92. The number of hydrogen-bond donors (Lipinski definition) is 1. The number of fused-ring (bicyclic) bond motifs is 1.